The van der Waals surface area contributed by atoms with Gasteiger partial charge in [-0.2, -0.15) is 22.0 Å². The Balaban J connectivity index is 0. The fraction of sp³-hybridized carbons (Fsp3) is 1.00. The summed E-state index contributed by atoms with van der Waals surface area (Å²) in [6, 6.07) is 0. The van der Waals surface area contributed by atoms with Gasteiger partial charge in [0.15, 0.2) is 0 Å². The van der Waals surface area contributed by atoms with Crippen molar-refractivity contribution in [2.75, 3.05) is 0 Å². The minimum absolute atomic E-state index is 0. The van der Waals surface area contributed by atoms with Gasteiger partial charge in [0.05, 0.1) is 0 Å². The van der Waals surface area contributed by atoms with Crippen LogP contribution < -0.4 is 18.9 Å². The number of alkyl halides is 6. The van der Waals surface area contributed by atoms with Crippen molar-refractivity contribution < 1.29 is 62.4 Å². The van der Waals surface area contributed by atoms with Gasteiger partial charge in [-0.1, -0.05) is 0 Å². The van der Waals surface area contributed by atoms with Crippen molar-refractivity contribution in [1.82, 2.24) is 0 Å². The van der Waals surface area contributed by atoms with Crippen molar-refractivity contribution in [3.8, 4) is 0 Å². The van der Waals surface area contributed by atoms with Crippen LogP contribution >= 0.6 is 0 Å². The number of halogens is 6. The van der Waals surface area contributed by atoms with Gasteiger partial charge in [-0.3, -0.25) is 0 Å². The summed E-state index contributed by atoms with van der Waals surface area (Å²) >= 11 is 0. The molecule has 15 heavy (non-hydrogen) atoms. The summed E-state index contributed by atoms with van der Waals surface area (Å²) < 4.78 is 100. The molecule has 0 saturated carbocycles. The second kappa shape index (κ2) is 4.92. The Kier molecular flexibility index (Phi) is 5.72. The number of hydrogen-bond acceptors (Lipinski definition) is 4. The van der Waals surface area contributed by atoms with E-state index >= 15 is 0 Å². The van der Waals surface area contributed by atoms with Gasteiger partial charge in [-0.25, -0.2) is 17.0 Å². The fourth-order valence-electron chi connectivity index (χ4n) is 0.293. The van der Waals surface area contributed by atoms with Crippen LogP contribution in [0.3, 0.4) is 0 Å². The van der Waals surface area contributed by atoms with Crippen molar-refractivity contribution in [1.29, 1.82) is 0 Å². The van der Waals surface area contributed by atoms with Crippen LogP contribution in [0.15, 0.2) is 0 Å². The minimum atomic E-state index is -6.35. The first-order valence-electron chi connectivity index (χ1n) is 2.60. The smallest absolute Gasteiger partial charge is 0.725 e. The third-order valence-electron chi connectivity index (χ3n) is 0.865. The van der Waals surface area contributed by atoms with Crippen LogP contribution in [-0.2, 0) is 14.6 Å². The molecule has 0 aliphatic rings. The van der Waals surface area contributed by atoms with E-state index in [1.165, 1.54) is 0 Å². The Bertz CT molecular complexity index is 298. The van der Waals surface area contributed by atoms with E-state index in [1.54, 1.807) is 0 Å². The first-order chi connectivity index (χ1) is 5.88. The fourth-order valence-corrected chi connectivity index (χ4v) is 0.620. The second-order valence-electron chi connectivity index (χ2n) is 1.94. The van der Waals surface area contributed by atoms with E-state index in [9.17, 15) is 39.3 Å². The Labute approximate surface area is 91.7 Å². The maximum absolute atomic E-state index is 11.9. The number of rotatable bonds is 3. The zero-order valence-electron chi connectivity index (χ0n) is 6.89. The summed E-state index contributed by atoms with van der Waals surface area (Å²) in [7, 11) is -5.97. The Morgan fingerprint density at radius 1 is 1.13 bits per heavy atom. The monoisotopic (exact) mass is 254 g/mol. The molecule has 0 aromatic heterocycles. The van der Waals surface area contributed by atoms with Gasteiger partial charge < -0.3 is 4.55 Å². The van der Waals surface area contributed by atoms with E-state index in [1.807, 2.05) is 0 Å². The van der Waals surface area contributed by atoms with E-state index in [0.29, 0.717) is 0 Å². The number of hydrogen-bond donors (Lipinski definition) is 0. The van der Waals surface area contributed by atoms with Crippen LogP contribution in [0.25, 0.3) is 0 Å². The molecule has 0 aromatic rings. The molecule has 12 heteroatoms. The van der Waals surface area contributed by atoms with Crippen LogP contribution in [0.5, 0.6) is 0 Å². The molecule has 0 amide bonds. The predicted octanol–water partition coefficient (Wildman–Crippen LogP) is -2.04. The maximum atomic E-state index is 11.9. The molecule has 0 aromatic carbocycles. The van der Waals surface area contributed by atoms with E-state index in [-0.39, 0.29) is 18.9 Å². The topological polar surface area (TPSA) is 66.4 Å². The summed E-state index contributed by atoms with van der Waals surface area (Å²) in [6.45, 7) is 0. The van der Waals surface area contributed by atoms with Gasteiger partial charge in [0.1, 0.15) is 0 Å². The Hall–Kier alpha value is 0.0474. The molecule has 0 N–H and O–H groups in total. The summed E-state index contributed by atoms with van der Waals surface area (Å²) in [5, 5.41) is 0. The molecule has 0 saturated heterocycles. The summed E-state index contributed by atoms with van der Waals surface area (Å²) in [5.41, 5.74) is 0. The van der Waals surface area contributed by atoms with Crippen LogP contribution in [0.4, 0.5) is 26.3 Å². The van der Waals surface area contributed by atoms with Gasteiger partial charge in [0.25, 0.3) is 6.36 Å². The predicted molar refractivity (Wildman–Crippen MR) is 26.7 cm³/mol. The van der Waals surface area contributed by atoms with Crippen molar-refractivity contribution >= 4 is 10.4 Å². The summed E-state index contributed by atoms with van der Waals surface area (Å²) in [5.74, 6) is -6.06. The Morgan fingerprint density at radius 2 is 1.47 bits per heavy atom. The quantitative estimate of drug-likeness (QED) is 0.252. The third kappa shape index (κ3) is 5.07. The molecule has 0 radical (unpaired) electrons. The van der Waals surface area contributed by atoms with Crippen molar-refractivity contribution in [3.05, 3.63) is 0 Å². The average molecular weight is 254 g/mol. The molecule has 86 valence electrons. The molecule has 1 atom stereocenters. The van der Waals surface area contributed by atoms with Crippen LogP contribution in [0.1, 0.15) is 0 Å². The normalized spacial score (nSPS) is 15.7. The van der Waals surface area contributed by atoms with Crippen LogP contribution in [0.2, 0.25) is 0 Å². The first kappa shape index (κ1) is 17.4. The zero-order chi connectivity index (χ0) is 11.8. The first-order valence-corrected chi connectivity index (χ1v) is 3.94. The van der Waals surface area contributed by atoms with Crippen LogP contribution in [-0.4, -0.2) is 31.4 Å². The molecule has 0 rings (SSSR count). The molecule has 0 heterocycles. The van der Waals surface area contributed by atoms with Crippen molar-refractivity contribution in [2.24, 2.45) is 0 Å². The molecule has 0 aliphatic heterocycles. The maximum Gasteiger partial charge on any atom is 1.00 e. The second-order valence-corrected chi connectivity index (χ2v) is 2.95. The molecular formula is C3HF6LiO4S. The van der Waals surface area contributed by atoms with Crippen LogP contribution in [0, 0.1) is 0 Å². The van der Waals surface area contributed by atoms with Gasteiger partial charge in [0.2, 0.25) is 10.4 Å². The van der Waals surface area contributed by atoms with Gasteiger partial charge >= 0.3 is 31.0 Å². The molecule has 0 aliphatic carbocycles. The van der Waals surface area contributed by atoms with Gasteiger partial charge in [-0.15, -0.1) is 0 Å². The van der Waals surface area contributed by atoms with E-state index in [2.05, 4.69) is 4.18 Å². The molecule has 4 nitrogen and oxygen atoms in total. The molecule has 0 fully saturated rings. The summed E-state index contributed by atoms with van der Waals surface area (Å²) in [6.07, 6.45) is -10.9. The SMILES string of the molecule is O=S(=O)([O-])OC(F)C(F)(F)C(F)(F)F.[Li+]. The largest absolute Gasteiger partial charge is 1.00 e. The van der Waals surface area contributed by atoms with Gasteiger partial charge in [-0.05, 0) is 0 Å². The minimum Gasteiger partial charge on any atom is -0.725 e. The molecule has 0 spiro atoms. The Morgan fingerprint density at radius 3 is 1.67 bits per heavy atom. The van der Waals surface area contributed by atoms with Gasteiger partial charge in [0, 0.05) is 0 Å². The van der Waals surface area contributed by atoms with E-state index in [4.69, 9.17) is 0 Å². The van der Waals surface area contributed by atoms with Crippen molar-refractivity contribution in [2.45, 2.75) is 18.5 Å². The summed E-state index contributed by atoms with van der Waals surface area (Å²) in [4.78, 5) is 0. The van der Waals surface area contributed by atoms with Crippen molar-refractivity contribution in [3.63, 3.8) is 0 Å². The molecule has 1 unspecified atom stereocenters. The zero-order valence-corrected chi connectivity index (χ0v) is 7.70. The standard InChI is InChI=1S/C3H2F6O4S.Li/c4-1(13-14(10,11)12)2(5,6)3(7,8)9;/h1H,(H,10,11,12);/q;+1/p-1. The molecule has 0 bridgehead atoms. The third-order valence-corrected chi connectivity index (χ3v) is 1.27. The van der Waals surface area contributed by atoms with E-state index < -0.39 is 28.9 Å². The molecular weight excluding hydrogens is 253 g/mol. The van der Waals surface area contributed by atoms with E-state index in [0.717, 1.165) is 0 Å². The average Bonchev–Trinajstić information content (AvgIpc) is 1.80.